The van der Waals surface area contributed by atoms with E-state index in [4.69, 9.17) is 18.6 Å². The topological polar surface area (TPSA) is 86.3 Å². The number of unbranched alkanes of at least 4 members (excludes halogenated alkanes) is 10. The Bertz CT molecular complexity index is 891. The summed E-state index contributed by atoms with van der Waals surface area (Å²) in [7, 11) is -2.29. The van der Waals surface area contributed by atoms with Gasteiger partial charge in [0.15, 0.2) is 20.9 Å². The molecule has 2 aliphatic rings. The van der Waals surface area contributed by atoms with Crippen LogP contribution in [0, 0.1) is 0 Å². The average Bonchev–Trinajstić information content (AvgIpc) is 2.93. The number of hydrogen-bond acceptors (Lipinski definition) is 6. The van der Waals surface area contributed by atoms with Crippen LogP contribution >= 0.6 is 0 Å². The third kappa shape index (κ3) is 10.4. The molecule has 0 radical (unpaired) electrons. The molecule has 3 rings (SSSR count). The summed E-state index contributed by atoms with van der Waals surface area (Å²) in [6.45, 7) is 13.4. The Balaban J connectivity index is 1.57. The Morgan fingerprint density at radius 3 is 2.12 bits per heavy atom. The summed E-state index contributed by atoms with van der Waals surface area (Å²) in [5.74, 6) is -0.0810. The van der Waals surface area contributed by atoms with E-state index in [2.05, 4.69) is 46.1 Å². The number of ether oxygens (including phenoxy) is 3. The number of fused-ring (bicyclic) bond motifs is 1. The van der Waals surface area contributed by atoms with E-state index in [0.29, 0.717) is 6.42 Å². The van der Waals surface area contributed by atoms with Crippen LogP contribution in [-0.2, 0) is 23.4 Å². The molecule has 2 unspecified atom stereocenters. The summed E-state index contributed by atoms with van der Waals surface area (Å²) in [5.41, 5.74) is 0.917. The van der Waals surface area contributed by atoms with Crippen molar-refractivity contribution in [3.05, 3.63) is 35.9 Å². The molecule has 6 atom stereocenters. The second kappa shape index (κ2) is 16.5. The molecule has 2 fully saturated rings. The van der Waals surface area contributed by atoms with Gasteiger partial charge in [0.05, 0.1) is 12.7 Å². The van der Waals surface area contributed by atoms with Gasteiger partial charge in [-0.15, -0.1) is 0 Å². The van der Waals surface area contributed by atoms with Gasteiger partial charge in [0.25, 0.3) is 0 Å². The molecule has 0 bridgehead atoms. The molecule has 41 heavy (non-hydrogen) atoms. The first kappa shape index (κ1) is 34.2. The molecular weight excluding hydrogens is 534 g/mol. The van der Waals surface area contributed by atoms with Gasteiger partial charge < -0.3 is 29.1 Å². The summed E-state index contributed by atoms with van der Waals surface area (Å²) in [4.78, 5) is 13.1. The highest BCUT2D eigenvalue weighted by Gasteiger charge is 2.53. The van der Waals surface area contributed by atoms with Crippen molar-refractivity contribution in [1.82, 2.24) is 5.32 Å². The molecule has 2 saturated heterocycles. The quantitative estimate of drug-likeness (QED) is 0.154. The zero-order valence-electron chi connectivity index (χ0n) is 26.5. The highest BCUT2D eigenvalue weighted by molar-refractivity contribution is 6.74. The van der Waals surface area contributed by atoms with Crippen molar-refractivity contribution in [2.75, 3.05) is 6.61 Å². The van der Waals surface area contributed by atoms with Crippen LogP contribution in [-0.4, -0.2) is 56.6 Å². The minimum absolute atomic E-state index is 0.0557. The molecular formula is C33H57NO6Si. The Hall–Kier alpha value is -1.29. The maximum atomic E-state index is 13.1. The van der Waals surface area contributed by atoms with Crippen LogP contribution in [0.4, 0.5) is 0 Å². The van der Waals surface area contributed by atoms with E-state index in [-0.39, 0.29) is 17.6 Å². The molecule has 2 heterocycles. The Morgan fingerprint density at radius 1 is 0.951 bits per heavy atom. The van der Waals surface area contributed by atoms with Crippen LogP contribution in [0.25, 0.3) is 0 Å². The van der Waals surface area contributed by atoms with Gasteiger partial charge in [0.1, 0.15) is 18.2 Å². The third-order valence-corrected chi connectivity index (χ3v) is 13.5. The fraction of sp³-hybridized carbons (Fsp3) is 0.788. The highest BCUT2D eigenvalue weighted by atomic mass is 28.4. The van der Waals surface area contributed by atoms with Gasteiger partial charge >= 0.3 is 0 Å². The van der Waals surface area contributed by atoms with Crippen molar-refractivity contribution in [3.8, 4) is 0 Å². The molecule has 1 aromatic carbocycles. The lowest BCUT2D eigenvalue weighted by Crippen LogP contribution is -2.69. The molecule has 2 N–H and O–H groups in total. The fourth-order valence-corrected chi connectivity index (χ4v) is 6.70. The lowest BCUT2D eigenvalue weighted by Gasteiger charge is -2.51. The molecule has 7 nitrogen and oxygen atoms in total. The maximum Gasteiger partial charge on any atom is 0.220 e. The summed E-state index contributed by atoms with van der Waals surface area (Å²) >= 11 is 0. The van der Waals surface area contributed by atoms with E-state index in [1.165, 1.54) is 51.4 Å². The van der Waals surface area contributed by atoms with Crippen LogP contribution in [0.15, 0.2) is 30.3 Å². The highest BCUT2D eigenvalue weighted by Crippen LogP contribution is 2.41. The van der Waals surface area contributed by atoms with E-state index in [9.17, 15) is 9.90 Å². The van der Waals surface area contributed by atoms with Crippen molar-refractivity contribution in [3.63, 3.8) is 0 Å². The lowest BCUT2D eigenvalue weighted by atomic mass is 9.95. The van der Waals surface area contributed by atoms with Crippen molar-refractivity contribution in [2.45, 2.75) is 160 Å². The van der Waals surface area contributed by atoms with E-state index in [0.717, 1.165) is 24.8 Å². The largest absolute Gasteiger partial charge is 0.409 e. The van der Waals surface area contributed by atoms with E-state index < -0.39 is 45.3 Å². The second-order valence-electron chi connectivity index (χ2n) is 13.5. The van der Waals surface area contributed by atoms with Crippen LogP contribution in [0.1, 0.15) is 117 Å². The molecule has 1 amide bonds. The van der Waals surface area contributed by atoms with Crippen molar-refractivity contribution in [1.29, 1.82) is 0 Å². The molecule has 8 heteroatoms. The Morgan fingerprint density at radius 2 is 1.54 bits per heavy atom. The van der Waals surface area contributed by atoms with Gasteiger partial charge in [-0.1, -0.05) is 122 Å². The molecule has 0 aromatic heterocycles. The minimum Gasteiger partial charge on any atom is -0.409 e. The van der Waals surface area contributed by atoms with Gasteiger partial charge in [0, 0.05) is 12.0 Å². The molecule has 0 aliphatic carbocycles. The van der Waals surface area contributed by atoms with Crippen LogP contribution in [0.3, 0.4) is 0 Å². The van der Waals surface area contributed by atoms with Gasteiger partial charge in [-0.2, -0.15) is 0 Å². The number of carbonyl (C=O) groups excluding carboxylic acids is 1. The second-order valence-corrected chi connectivity index (χ2v) is 18.2. The van der Waals surface area contributed by atoms with Crippen molar-refractivity contribution in [2.24, 2.45) is 0 Å². The number of benzene rings is 1. The normalized spacial score (nSPS) is 26.9. The molecule has 0 saturated carbocycles. The first-order valence-electron chi connectivity index (χ1n) is 16.2. The third-order valence-electron chi connectivity index (χ3n) is 9.00. The monoisotopic (exact) mass is 591 g/mol. The van der Waals surface area contributed by atoms with Gasteiger partial charge in [0.2, 0.25) is 5.91 Å². The molecule has 234 valence electrons. The maximum absolute atomic E-state index is 13.1. The van der Waals surface area contributed by atoms with Gasteiger partial charge in [-0.25, -0.2) is 0 Å². The van der Waals surface area contributed by atoms with E-state index in [1.807, 2.05) is 30.3 Å². The number of amides is 1. The predicted octanol–water partition coefficient (Wildman–Crippen LogP) is 7.39. The number of carbonyl (C=O) groups is 1. The average molecular weight is 592 g/mol. The fourth-order valence-electron chi connectivity index (χ4n) is 5.39. The Kier molecular flexibility index (Phi) is 13.8. The van der Waals surface area contributed by atoms with Gasteiger partial charge in [-0.05, 0) is 24.6 Å². The number of hydrogen-bond donors (Lipinski definition) is 2. The van der Waals surface area contributed by atoms with Crippen LogP contribution in [0.2, 0.25) is 18.1 Å². The zero-order valence-corrected chi connectivity index (χ0v) is 27.5. The molecule has 2 aliphatic heterocycles. The summed E-state index contributed by atoms with van der Waals surface area (Å²) in [6.07, 6.45) is 10.7. The molecule has 0 spiro atoms. The summed E-state index contributed by atoms with van der Waals surface area (Å²) in [5, 5.41) is 14.1. The number of aliphatic hydroxyl groups is 1. The molecule has 1 aromatic rings. The summed E-state index contributed by atoms with van der Waals surface area (Å²) < 4.78 is 25.3. The van der Waals surface area contributed by atoms with E-state index in [1.54, 1.807) is 0 Å². The van der Waals surface area contributed by atoms with Crippen molar-refractivity contribution < 1.29 is 28.5 Å². The van der Waals surface area contributed by atoms with Crippen molar-refractivity contribution >= 4 is 14.2 Å². The standard InChI is InChI=1S/C33H57NO6Si/c1-7-8-9-10-11-12-13-14-15-16-20-23-27(35)34-28-30(40-41(5,6)33(2,3)4)29-26(38-31(28)36)24-37-32(39-29)25-21-18-17-19-22-25/h17-19,21-22,26,28-32,36H,7-16,20,23-24H2,1-6H3,(H,34,35)/t26-,28-,29-,30-,31?,32?/m1/s1. The number of nitrogens with one attached hydrogen (secondary N) is 1. The Labute approximate surface area is 250 Å². The predicted molar refractivity (Wildman–Crippen MR) is 166 cm³/mol. The van der Waals surface area contributed by atoms with Gasteiger partial charge in [-0.3, -0.25) is 4.79 Å². The van der Waals surface area contributed by atoms with E-state index >= 15 is 0 Å². The smallest absolute Gasteiger partial charge is 0.220 e. The first-order chi connectivity index (χ1) is 19.5. The van der Waals surface area contributed by atoms with Crippen LogP contribution < -0.4 is 5.32 Å². The minimum atomic E-state index is -2.29. The lowest BCUT2D eigenvalue weighted by molar-refractivity contribution is -0.336. The first-order valence-corrected chi connectivity index (χ1v) is 19.1. The summed E-state index contributed by atoms with van der Waals surface area (Å²) in [6, 6.07) is 9.09. The number of rotatable bonds is 16. The SMILES string of the molecule is CCCCCCCCCCCCCC(=O)N[C@H]1C(O)O[C@@H]2COC(c3ccccc3)O[C@H]2[C@@H]1O[Si](C)(C)C(C)(C)C. The van der Waals surface area contributed by atoms with Crippen LogP contribution in [0.5, 0.6) is 0 Å². The number of aliphatic hydroxyl groups excluding tert-OH is 1. The zero-order chi connectivity index (χ0) is 29.9.